The van der Waals surface area contributed by atoms with Crippen molar-refractivity contribution in [2.24, 2.45) is 0 Å². The second-order valence-electron chi connectivity index (χ2n) is 38.9. The number of aromatic nitrogens is 2. The summed E-state index contributed by atoms with van der Waals surface area (Å²) in [5.74, 6) is -1.76. The van der Waals surface area contributed by atoms with E-state index in [0.717, 1.165) is 326 Å². The maximum absolute atomic E-state index is 13.5. The van der Waals surface area contributed by atoms with Crippen LogP contribution in [0.15, 0.2) is 149 Å². The number of pyridine rings is 2. The normalized spacial score (nSPS) is 17.7. The number of likely N-dealkylation sites (tertiary alicyclic amines) is 1. The number of benzene rings is 7. The van der Waals surface area contributed by atoms with Crippen LogP contribution >= 0.6 is 0 Å². The molecule has 10 aliphatic heterocycles. The maximum atomic E-state index is 13.5. The van der Waals surface area contributed by atoms with Crippen molar-refractivity contribution in [2.75, 3.05) is 282 Å². The smallest absolute Gasteiger partial charge is 0.870 e. The fourth-order valence-corrected chi connectivity index (χ4v) is 19.9. The number of piperidine rings is 1. The molecule has 1 amide bonds. The average molecular weight is 1980 g/mol. The van der Waals surface area contributed by atoms with Gasteiger partial charge in [-0.1, -0.05) is 30.7 Å². The van der Waals surface area contributed by atoms with Crippen LogP contribution in [0.1, 0.15) is 179 Å². The number of piperazine rings is 4. The predicted molar refractivity (Wildman–Crippen MR) is 569 cm³/mol. The summed E-state index contributed by atoms with van der Waals surface area (Å²) in [4.78, 5) is 133. The van der Waals surface area contributed by atoms with Crippen LogP contribution in [0.3, 0.4) is 0 Å². The van der Waals surface area contributed by atoms with E-state index < -0.39 is 11.9 Å². The van der Waals surface area contributed by atoms with Crippen molar-refractivity contribution in [2.45, 2.75) is 123 Å². The fourth-order valence-electron chi connectivity index (χ4n) is 19.9. The Labute approximate surface area is 867 Å². The number of nitrogens with two attached hydrogens (primary N) is 1. The minimum absolute atomic E-state index is 0. The number of hydrogen-bond acceptors (Lipinski definition) is 28. The molecule has 10 fully saturated rings. The zero-order chi connectivity index (χ0) is 100. The Kier molecular flexibility index (Phi) is 46.3. The number of aldehydes is 1. The Hall–Kier alpha value is -10.7. The van der Waals surface area contributed by atoms with Crippen molar-refractivity contribution >= 4 is 97.7 Å². The van der Waals surface area contributed by atoms with Crippen LogP contribution in [0.4, 0.5) is 39.8 Å². The number of fused-ring (bicyclic) bond motifs is 2. The number of nitrogen functional groups attached to an aromatic ring is 1. The summed E-state index contributed by atoms with van der Waals surface area (Å²) < 4.78 is 14.8. The minimum Gasteiger partial charge on any atom is -0.870 e. The first kappa shape index (κ1) is 114. The summed E-state index contributed by atoms with van der Waals surface area (Å²) in [6.45, 7) is 37.1. The van der Waals surface area contributed by atoms with Crippen molar-refractivity contribution in [1.29, 1.82) is 0 Å². The number of hydrogen-bond donors (Lipinski definition) is 6. The van der Waals surface area contributed by atoms with E-state index in [1.165, 1.54) is 96.1 Å². The number of nitrogens with zero attached hydrogens (tertiary/aromatic N) is 14. The van der Waals surface area contributed by atoms with Crippen molar-refractivity contribution in [3.8, 4) is 0 Å². The van der Waals surface area contributed by atoms with E-state index in [1.54, 1.807) is 30.3 Å². The van der Waals surface area contributed by atoms with E-state index in [-0.39, 0.29) is 64.0 Å². The summed E-state index contributed by atoms with van der Waals surface area (Å²) in [5.41, 5.74) is 23.4. The molecule has 32 nitrogen and oxygen atoms in total. The van der Waals surface area contributed by atoms with E-state index in [1.807, 2.05) is 74.5 Å². The van der Waals surface area contributed by atoms with E-state index in [4.69, 9.17) is 25.1 Å². The molecule has 7 aromatic carbocycles. The number of nitrogens with one attached hydrogen (secondary N) is 3. The number of aliphatic hydroxyl groups is 1. The van der Waals surface area contributed by atoms with E-state index in [2.05, 4.69) is 168 Å². The molecular weight excluding hydrogens is 1820 g/mol. The molecule has 0 aliphatic carbocycles. The number of amides is 1. The van der Waals surface area contributed by atoms with Gasteiger partial charge in [0.05, 0.1) is 71.9 Å². The second-order valence-corrected chi connectivity index (χ2v) is 38.9. The molecule has 19 rings (SSSR count). The fraction of sp³-hybridized carbons (Fsp3) is 0.509. The van der Waals surface area contributed by atoms with Crippen molar-refractivity contribution in [1.82, 2.24) is 54.1 Å². The van der Waals surface area contributed by atoms with Crippen LogP contribution in [-0.4, -0.2) is 353 Å². The number of rotatable bonds is 20. The first-order valence-corrected chi connectivity index (χ1v) is 50.7. The van der Waals surface area contributed by atoms with Crippen LogP contribution in [-0.2, 0) is 40.4 Å². The molecule has 0 bridgehead atoms. The van der Waals surface area contributed by atoms with Gasteiger partial charge >= 0.3 is 53.4 Å². The minimum atomic E-state index is -0.817. The third-order valence-corrected chi connectivity index (χ3v) is 28.3. The van der Waals surface area contributed by atoms with Gasteiger partial charge in [0.1, 0.15) is 6.29 Å². The molecule has 143 heavy (non-hydrogen) atoms. The molecule has 0 unspecified atom stereocenters. The average Bonchev–Trinajstić information content (AvgIpc) is 1.34. The number of carbonyl (C=O) groups is 6. The molecule has 770 valence electrons. The molecule has 0 atom stereocenters. The first-order chi connectivity index (χ1) is 68.2. The molecule has 0 saturated carbocycles. The Balaban J connectivity index is 0.000000176. The number of carboxylic acid groups (broad SMARTS) is 1. The monoisotopic (exact) mass is 1980 g/mol. The van der Waals surface area contributed by atoms with E-state index >= 15 is 0 Å². The molecule has 12 heterocycles. The molecule has 33 heteroatoms. The van der Waals surface area contributed by atoms with Gasteiger partial charge in [-0.3, -0.25) is 38.8 Å². The van der Waals surface area contributed by atoms with Gasteiger partial charge in [0.2, 0.25) is 11.1 Å². The molecule has 0 spiro atoms. The van der Waals surface area contributed by atoms with E-state index in [9.17, 15) is 43.5 Å². The number of ether oxygens (including phenoxy) is 3. The van der Waals surface area contributed by atoms with Gasteiger partial charge < -0.3 is 99.9 Å². The van der Waals surface area contributed by atoms with E-state index in [0.29, 0.717) is 33.5 Å². The number of methoxy groups -OCH3 is 3. The van der Waals surface area contributed by atoms with Gasteiger partial charge in [0.15, 0.2) is 0 Å². The molecular formula is C110H155N18NaO14. The number of anilines is 7. The summed E-state index contributed by atoms with van der Waals surface area (Å²) >= 11 is 0. The number of aromatic carboxylic acids is 1. The van der Waals surface area contributed by atoms with Crippen molar-refractivity contribution in [3.05, 3.63) is 227 Å². The van der Waals surface area contributed by atoms with Crippen molar-refractivity contribution in [3.63, 3.8) is 0 Å². The number of aryl methyl sites for hydroxylation is 2. The van der Waals surface area contributed by atoms with Gasteiger partial charge in [-0.2, -0.15) is 0 Å². The van der Waals surface area contributed by atoms with Gasteiger partial charge in [0, 0.05) is 260 Å². The largest absolute Gasteiger partial charge is 1.00 e. The predicted octanol–water partition coefficient (Wildman–Crippen LogP) is 9.65. The van der Waals surface area contributed by atoms with Gasteiger partial charge in [0.25, 0.3) is 5.91 Å². The Morgan fingerprint density at radius 1 is 0.350 bits per heavy atom. The Bertz CT molecular complexity index is 5600. The molecule has 2 aromatic heterocycles. The summed E-state index contributed by atoms with van der Waals surface area (Å²) in [6.07, 6.45) is 16.7. The van der Waals surface area contributed by atoms with Crippen molar-refractivity contribution < 1.29 is 88.2 Å². The zero-order valence-electron chi connectivity index (χ0n) is 86.8. The molecule has 10 aliphatic rings. The zero-order valence-corrected chi connectivity index (χ0v) is 88.8. The second kappa shape index (κ2) is 57.9. The molecule has 0 radical (unpaired) electrons. The maximum Gasteiger partial charge on any atom is 1.00 e. The molecule has 9 aromatic rings. The number of carbonyl (C=O) groups excluding carboxylic acids is 5. The van der Waals surface area contributed by atoms with Crippen LogP contribution in [0.2, 0.25) is 0 Å². The number of H-pyrrole nitrogens is 2. The van der Waals surface area contributed by atoms with Crippen LogP contribution in [0.25, 0.3) is 21.8 Å². The summed E-state index contributed by atoms with van der Waals surface area (Å²) in [6, 6.07) is 44.3. The topological polar surface area (TPSA) is 350 Å². The third kappa shape index (κ3) is 33.7. The number of aliphatic hydroxyl groups excluding tert-OH is 1. The Morgan fingerprint density at radius 3 is 0.944 bits per heavy atom. The quantitative estimate of drug-likeness (QED) is 0.0136. The number of carboxylic acids is 1. The third-order valence-electron chi connectivity index (χ3n) is 28.3. The van der Waals surface area contributed by atoms with Gasteiger partial charge in [-0.05, 0) is 276 Å². The van der Waals surface area contributed by atoms with Gasteiger partial charge in [-0.25, -0.2) is 19.2 Å². The number of esters is 3. The number of aromatic amines is 2. The molecule has 8 N–H and O–H groups in total. The Morgan fingerprint density at radius 2 is 0.629 bits per heavy atom. The van der Waals surface area contributed by atoms with Crippen LogP contribution in [0.5, 0.6) is 0 Å². The van der Waals surface area contributed by atoms with Crippen LogP contribution < -0.4 is 76.2 Å². The molecule has 10 saturated heterocycles. The van der Waals surface area contributed by atoms with Gasteiger partial charge in [-0.15, -0.1) is 0 Å². The van der Waals surface area contributed by atoms with Crippen LogP contribution in [0, 0.1) is 13.8 Å². The first-order valence-electron chi connectivity index (χ1n) is 50.7. The SMILES string of the molecule is CN1CCCCC1.CN1CCN(Cc2ccc(N3CCCC3)c(C(=O)O)c2)CC1.CO.COC(=O)c1cc(C=O)ccc1N1CCCC1.COC(=O)c1cc(CN2CCN(C)CC2)ccc1N1CCCC1.COC(=O)c1cc(CN2CCN(C)CC2)ccc1N1CCCC1.Cc1cc(=O)[nH]c2ccc(N)cc12.Cc1cc(=O)[nH]c2ccc(NC(=O)c3cc(CN4CCN(C)CC4)ccc3N3CCCC3)cc12.[Na+].[OH-]. The summed E-state index contributed by atoms with van der Waals surface area (Å²) in [7, 11) is 16.1. The number of likely N-dealkylation sites (N-methyl/N-ethyl adjacent to an activating group) is 4. The summed E-state index contributed by atoms with van der Waals surface area (Å²) in [5, 5.41) is 21.6. The standard InChI is InChI=1S/C27H33N5O2.2C18H27N3O2.C17H25N3O2.C13H15NO3.C10H10N2O.C6H13N.CH4O.Na.H2O/c1-19-15-26(33)29-24-7-6-21(17-22(19)24)28-27(34)23-16-20(18-31-13-11-30(2)12-14-31)5-8-25(23)32-9-3-4-10-32;2*1-19-9-11-20(12-10-19)14-15-5-6-17(21-7-3-4-8-21)16(13-15)18(22)23-2;1-18-8-10-19(11-9-18)13-14-4-5-16(15(12-14)17(21)22)20-6-2-3-7-20;1-17-13(16)11-8-10(9-15)4-5-12(11)14-6-2-3-7-14;1-6-4-10(13)12-9-3-2-7(11)5-8(6)9;1-7-5-3-2-4-6-7;1-2;;/h5-8,15-17H,3-4,9-14,18H2,1-2H3,(H,28,34)(H,29,33);2*5-6,13H,3-4,7-12,14H2,1-2H3;4-5,12H,2-3,6-11,13H2,1H3,(H,21,22);4-5,8-9H,2-3,6-7H2,1H3;2-5H,11H2,1H3,(H,12,13);2-6H2,1H3;2H,1H3;;1H2/q;;;;;;;;+1;/p-1.